The van der Waals surface area contributed by atoms with Gasteiger partial charge in [-0.3, -0.25) is 19.3 Å². The quantitative estimate of drug-likeness (QED) is 0.224. The minimum atomic E-state index is -1.32. The van der Waals surface area contributed by atoms with Crippen molar-refractivity contribution in [1.82, 2.24) is 4.90 Å². The fourth-order valence-electron chi connectivity index (χ4n) is 7.06. The van der Waals surface area contributed by atoms with Crippen molar-refractivity contribution in [3.8, 4) is 5.75 Å². The van der Waals surface area contributed by atoms with E-state index in [0.717, 1.165) is 10.5 Å². The molecule has 4 aromatic rings. The molecule has 1 aliphatic heterocycles. The first-order valence-electron chi connectivity index (χ1n) is 13.7. The van der Waals surface area contributed by atoms with Crippen LogP contribution in [-0.4, -0.2) is 35.8 Å². The smallest absolute Gasteiger partial charge is 0.248 e. The number of nitrogens with one attached hydrogen (secondary N) is 1. The Morgan fingerprint density at radius 2 is 1.29 bits per heavy atom. The first-order chi connectivity index (χ1) is 20.3. The van der Waals surface area contributed by atoms with Crippen LogP contribution >= 0.6 is 23.2 Å². The molecule has 3 aliphatic carbocycles. The summed E-state index contributed by atoms with van der Waals surface area (Å²) in [6, 6.07) is 30.1. The fourth-order valence-corrected chi connectivity index (χ4v) is 8.16. The number of nitrogens with zero attached hydrogens (tertiary/aromatic N) is 1. The Bertz CT molecular complexity index is 1640. The van der Waals surface area contributed by atoms with Crippen LogP contribution in [0.4, 0.5) is 5.69 Å². The number of carbonyl (C=O) groups is 3. The third-order valence-electron chi connectivity index (χ3n) is 8.84. The van der Waals surface area contributed by atoms with Gasteiger partial charge < -0.3 is 10.1 Å². The van der Waals surface area contributed by atoms with Crippen molar-refractivity contribution >= 4 is 46.6 Å². The molecule has 0 radical (unpaired) electrons. The zero-order chi connectivity index (χ0) is 29.2. The summed E-state index contributed by atoms with van der Waals surface area (Å²) >= 11 is 15.2. The van der Waals surface area contributed by atoms with E-state index in [2.05, 4.69) is 5.32 Å². The summed E-state index contributed by atoms with van der Waals surface area (Å²) in [5.74, 6) is -2.92. The minimum absolute atomic E-state index is 0.123. The third-order valence-corrected chi connectivity index (χ3v) is 10.1. The van der Waals surface area contributed by atoms with Crippen LogP contribution < -0.4 is 10.1 Å². The van der Waals surface area contributed by atoms with Crippen LogP contribution in [0, 0.1) is 11.8 Å². The number of methoxy groups -OCH3 is 1. The summed E-state index contributed by atoms with van der Waals surface area (Å²) in [6.45, 7) is 0. The van der Waals surface area contributed by atoms with Crippen molar-refractivity contribution in [2.75, 3.05) is 12.4 Å². The molecule has 42 heavy (non-hydrogen) atoms. The maximum atomic E-state index is 14.6. The second kappa shape index (κ2) is 9.72. The van der Waals surface area contributed by atoms with Gasteiger partial charge in [0.25, 0.3) is 0 Å². The van der Waals surface area contributed by atoms with Crippen LogP contribution in [0.5, 0.6) is 5.75 Å². The highest BCUT2D eigenvalue weighted by Crippen LogP contribution is 2.69. The van der Waals surface area contributed by atoms with E-state index in [-0.39, 0.29) is 6.42 Å². The van der Waals surface area contributed by atoms with Crippen LogP contribution in [0.2, 0.25) is 0 Å². The zero-order valence-corrected chi connectivity index (χ0v) is 24.1. The molecular formula is C34H26Cl2N2O4. The Kier molecular flexibility index (Phi) is 6.19. The standard InChI is InChI=1S/C34H26Cl2N2O4/c1-42-22-13-9-12-21(19-22)37-30(39)27(18-20-10-3-2-4-11-20)38-31(40)28-29(32(38)41)34(36)24-15-6-5-14-23(24)33(28,35)25-16-7-8-17-26(25)34/h2-17,19,27-29H,18H2,1H3,(H,37,39)/t27-,28-,29-,33?,34?/m0/s1. The van der Waals surface area contributed by atoms with Crippen molar-refractivity contribution in [3.63, 3.8) is 0 Å². The van der Waals surface area contributed by atoms with Crippen molar-refractivity contribution in [1.29, 1.82) is 0 Å². The van der Waals surface area contributed by atoms with Crippen molar-refractivity contribution < 1.29 is 19.1 Å². The lowest BCUT2D eigenvalue weighted by atomic mass is 9.54. The normalized spacial score (nSPS) is 25.8. The number of likely N-dealkylation sites (tertiary alicyclic amines) is 1. The molecule has 4 aliphatic rings. The summed E-state index contributed by atoms with van der Waals surface area (Å²) in [5.41, 5.74) is 4.14. The molecule has 3 amide bonds. The van der Waals surface area contributed by atoms with E-state index < -0.39 is 45.3 Å². The zero-order valence-electron chi connectivity index (χ0n) is 22.6. The molecule has 8 rings (SSSR count). The SMILES string of the molecule is COc1cccc(NC(=O)[C@H](Cc2ccccc2)N2C(=O)[C@@H]3[C@@H](C2=O)C2(Cl)c4ccccc4C3(Cl)c3ccccc32)c1. The molecule has 1 fully saturated rings. The van der Waals surface area contributed by atoms with Crippen LogP contribution in [0.3, 0.4) is 0 Å². The van der Waals surface area contributed by atoms with Gasteiger partial charge in [-0.25, -0.2) is 0 Å². The number of carbonyl (C=O) groups excluding carboxylic acids is 3. The van der Waals surface area contributed by atoms with Gasteiger partial charge in [0.2, 0.25) is 17.7 Å². The number of hydrogen-bond donors (Lipinski definition) is 1. The van der Waals surface area contributed by atoms with Crippen molar-refractivity contribution in [2.24, 2.45) is 11.8 Å². The Hall–Kier alpha value is -4.13. The molecule has 1 saturated heterocycles. The van der Waals surface area contributed by atoms with Gasteiger partial charge in [-0.15, -0.1) is 23.2 Å². The Morgan fingerprint density at radius 3 is 1.79 bits per heavy atom. The van der Waals surface area contributed by atoms with E-state index in [4.69, 9.17) is 27.9 Å². The van der Waals surface area contributed by atoms with Crippen LogP contribution in [0.25, 0.3) is 0 Å². The van der Waals surface area contributed by atoms with Crippen molar-refractivity contribution in [2.45, 2.75) is 22.2 Å². The maximum Gasteiger partial charge on any atom is 0.248 e. The molecule has 6 nitrogen and oxygen atoms in total. The predicted octanol–water partition coefficient (Wildman–Crippen LogP) is 5.84. The number of imide groups is 1. The van der Waals surface area contributed by atoms with E-state index in [1.54, 1.807) is 24.3 Å². The minimum Gasteiger partial charge on any atom is -0.497 e. The predicted molar refractivity (Wildman–Crippen MR) is 161 cm³/mol. The number of hydrogen-bond acceptors (Lipinski definition) is 4. The number of halogens is 2. The highest BCUT2D eigenvalue weighted by Gasteiger charge is 2.73. The van der Waals surface area contributed by atoms with Gasteiger partial charge in [0, 0.05) is 18.2 Å². The topological polar surface area (TPSA) is 75.7 Å². The van der Waals surface area contributed by atoms with Gasteiger partial charge in [0.15, 0.2) is 0 Å². The largest absolute Gasteiger partial charge is 0.497 e. The van der Waals surface area contributed by atoms with Gasteiger partial charge in [-0.05, 0) is 39.9 Å². The molecule has 1 N–H and O–H groups in total. The summed E-state index contributed by atoms with van der Waals surface area (Å²) in [4.78, 5) is 41.6. The molecule has 0 aromatic heterocycles. The summed E-state index contributed by atoms with van der Waals surface area (Å²) in [6.07, 6.45) is 0.123. The lowest BCUT2D eigenvalue weighted by Crippen LogP contribution is -2.57. The molecule has 0 unspecified atom stereocenters. The fraction of sp³-hybridized carbons (Fsp3) is 0.206. The Balaban J connectivity index is 1.35. The first-order valence-corrected chi connectivity index (χ1v) is 14.5. The van der Waals surface area contributed by atoms with Crippen LogP contribution in [0.1, 0.15) is 27.8 Å². The average molecular weight is 597 g/mol. The van der Waals surface area contributed by atoms with Gasteiger partial charge in [0.1, 0.15) is 21.5 Å². The molecule has 1 heterocycles. The molecule has 8 heteroatoms. The number of rotatable bonds is 6. The molecule has 0 spiro atoms. The number of anilines is 1. The average Bonchev–Trinajstić information content (AvgIpc) is 3.29. The number of ether oxygens (including phenoxy) is 1. The van der Waals surface area contributed by atoms with Gasteiger partial charge >= 0.3 is 0 Å². The monoisotopic (exact) mass is 596 g/mol. The van der Waals surface area contributed by atoms with E-state index in [1.165, 1.54) is 7.11 Å². The lowest BCUT2D eigenvalue weighted by Gasteiger charge is -2.54. The molecule has 3 atom stereocenters. The lowest BCUT2D eigenvalue weighted by molar-refractivity contribution is -0.146. The Morgan fingerprint density at radius 1 is 0.786 bits per heavy atom. The summed E-state index contributed by atoms with van der Waals surface area (Å²) in [7, 11) is 1.54. The molecular weight excluding hydrogens is 571 g/mol. The first kappa shape index (κ1) is 26.7. The number of amides is 3. The second-order valence-corrected chi connectivity index (χ2v) is 12.1. The highest BCUT2D eigenvalue weighted by molar-refractivity contribution is 6.36. The van der Waals surface area contributed by atoms with E-state index in [9.17, 15) is 14.4 Å². The van der Waals surface area contributed by atoms with Crippen LogP contribution in [-0.2, 0) is 30.6 Å². The number of benzene rings is 4. The van der Waals surface area contributed by atoms with E-state index in [1.807, 2.05) is 78.9 Å². The maximum absolute atomic E-state index is 14.6. The van der Waals surface area contributed by atoms with Crippen molar-refractivity contribution in [3.05, 3.63) is 131 Å². The molecule has 0 saturated carbocycles. The van der Waals surface area contributed by atoms with Gasteiger partial charge in [-0.1, -0.05) is 84.9 Å². The Labute approximate surface area is 253 Å². The summed E-state index contributed by atoms with van der Waals surface area (Å²) < 4.78 is 5.31. The van der Waals surface area contributed by atoms with Gasteiger partial charge in [-0.2, -0.15) is 0 Å². The second-order valence-electron chi connectivity index (χ2n) is 10.9. The molecule has 210 valence electrons. The molecule has 4 aromatic carbocycles. The van der Waals surface area contributed by atoms with E-state index in [0.29, 0.717) is 33.7 Å². The third kappa shape index (κ3) is 3.61. The molecule has 2 bridgehead atoms. The van der Waals surface area contributed by atoms with E-state index >= 15 is 0 Å². The van der Waals surface area contributed by atoms with Crippen LogP contribution in [0.15, 0.2) is 103 Å². The highest BCUT2D eigenvalue weighted by atomic mass is 35.5. The number of alkyl halides is 2. The summed E-state index contributed by atoms with van der Waals surface area (Å²) in [5, 5.41) is 2.90. The van der Waals surface area contributed by atoms with Gasteiger partial charge in [0.05, 0.1) is 18.9 Å².